The summed E-state index contributed by atoms with van der Waals surface area (Å²) in [5, 5.41) is 2.09. The minimum absolute atomic E-state index is 0. The van der Waals surface area contributed by atoms with Crippen LogP contribution in [0.1, 0.15) is 26.8 Å². The van der Waals surface area contributed by atoms with Crippen LogP contribution < -0.4 is 5.73 Å². The van der Waals surface area contributed by atoms with Crippen LogP contribution in [0, 0.1) is 6.92 Å². The number of amides is 1. The maximum atomic E-state index is 12.9. The van der Waals surface area contributed by atoms with Gasteiger partial charge in [0.25, 0.3) is 5.91 Å². The monoisotopic (exact) mass is 431 g/mol. The minimum Gasteiger partial charge on any atom is -0.399 e. The van der Waals surface area contributed by atoms with E-state index in [4.69, 9.17) is 10.5 Å². The number of likely N-dealkylation sites (N-methyl/N-ethyl adjacent to an activating group) is 1. The summed E-state index contributed by atoms with van der Waals surface area (Å²) in [6.45, 7) is 5.86. The maximum absolute atomic E-state index is 12.9. The Morgan fingerprint density at radius 3 is 2.63 bits per heavy atom. The number of carbonyl (C=O) groups is 1. The lowest BCUT2D eigenvalue weighted by Crippen LogP contribution is -2.44. The molecule has 1 aliphatic rings. The van der Waals surface area contributed by atoms with E-state index in [9.17, 15) is 4.79 Å². The number of carbonyl (C=O) groups excluding carboxylic acids is 1. The SMILES string of the molecule is Cc1ccc(N)cc1C(=O)N(C)CC(c1cccs1)N1CCOCC1.Cl.Cl. The van der Waals surface area contributed by atoms with E-state index in [0.29, 0.717) is 17.8 Å². The number of nitrogens with two attached hydrogens (primary N) is 1. The Balaban J connectivity index is 0.00000182. The lowest BCUT2D eigenvalue weighted by molar-refractivity contribution is 0.0104. The van der Waals surface area contributed by atoms with Crippen LogP contribution in [-0.4, -0.2) is 55.6 Å². The number of benzene rings is 1. The highest BCUT2D eigenvalue weighted by Gasteiger charge is 2.27. The third-order valence-electron chi connectivity index (χ3n) is 4.64. The van der Waals surface area contributed by atoms with Crippen molar-refractivity contribution in [2.45, 2.75) is 13.0 Å². The van der Waals surface area contributed by atoms with Crippen LogP contribution in [0.3, 0.4) is 0 Å². The summed E-state index contributed by atoms with van der Waals surface area (Å²) < 4.78 is 5.49. The molecule has 2 aromatic rings. The number of nitrogen functional groups attached to an aromatic ring is 1. The van der Waals surface area contributed by atoms with Gasteiger partial charge in [-0.2, -0.15) is 0 Å². The van der Waals surface area contributed by atoms with Crippen LogP contribution in [0.5, 0.6) is 0 Å². The fraction of sp³-hybridized carbons (Fsp3) is 0.421. The van der Waals surface area contributed by atoms with Gasteiger partial charge < -0.3 is 15.4 Å². The normalized spacial score (nSPS) is 15.3. The molecule has 0 bridgehead atoms. The fourth-order valence-corrected chi connectivity index (χ4v) is 4.03. The van der Waals surface area contributed by atoms with Crippen molar-refractivity contribution in [3.05, 3.63) is 51.7 Å². The van der Waals surface area contributed by atoms with E-state index >= 15 is 0 Å². The van der Waals surface area contributed by atoms with Crippen molar-refractivity contribution < 1.29 is 9.53 Å². The van der Waals surface area contributed by atoms with Gasteiger partial charge in [-0.15, -0.1) is 36.2 Å². The second-order valence-corrected chi connectivity index (χ2v) is 7.42. The summed E-state index contributed by atoms with van der Waals surface area (Å²) in [7, 11) is 1.87. The topological polar surface area (TPSA) is 58.8 Å². The minimum atomic E-state index is 0. The quantitative estimate of drug-likeness (QED) is 0.734. The molecule has 0 spiro atoms. The summed E-state index contributed by atoms with van der Waals surface area (Å²) in [6, 6.07) is 9.90. The van der Waals surface area contributed by atoms with E-state index in [1.165, 1.54) is 4.88 Å². The maximum Gasteiger partial charge on any atom is 0.254 e. The largest absolute Gasteiger partial charge is 0.399 e. The highest BCUT2D eigenvalue weighted by Crippen LogP contribution is 2.27. The van der Waals surface area contributed by atoms with Crippen molar-refractivity contribution in [1.29, 1.82) is 0 Å². The molecule has 2 N–H and O–H groups in total. The number of rotatable bonds is 5. The molecule has 1 saturated heterocycles. The number of thiophene rings is 1. The van der Waals surface area contributed by atoms with Gasteiger partial charge in [0.15, 0.2) is 0 Å². The molecule has 5 nitrogen and oxygen atoms in total. The van der Waals surface area contributed by atoms with E-state index in [1.54, 1.807) is 17.4 Å². The first kappa shape index (κ1) is 23.7. The molecule has 1 aromatic heterocycles. The van der Waals surface area contributed by atoms with Crippen LogP contribution >= 0.6 is 36.2 Å². The molecular weight excluding hydrogens is 405 g/mol. The molecule has 150 valence electrons. The van der Waals surface area contributed by atoms with Crippen LogP contribution in [-0.2, 0) is 4.74 Å². The zero-order chi connectivity index (χ0) is 17.8. The molecule has 1 atom stereocenters. The number of anilines is 1. The van der Waals surface area contributed by atoms with Crippen molar-refractivity contribution in [1.82, 2.24) is 9.80 Å². The molecule has 0 radical (unpaired) electrons. The summed E-state index contributed by atoms with van der Waals surface area (Å²) >= 11 is 1.74. The van der Waals surface area contributed by atoms with Gasteiger partial charge in [-0.1, -0.05) is 12.1 Å². The van der Waals surface area contributed by atoms with Crippen molar-refractivity contribution in [2.24, 2.45) is 0 Å². The van der Waals surface area contributed by atoms with Crippen LogP contribution in [0.4, 0.5) is 5.69 Å². The zero-order valence-corrected chi connectivity index (χ0v) is 18.0. The zero-order valence-electron chi connectivity index (χ0n) is 15.6. The van der Waals surface area contributed by atoms with Gasteiger partial charge >= 0.3 is 0 Å². The smallest absolute Gasteiger partial charge is 0.254 e. The van der Waals surface area contributed by atoms with Crippen LogP contribution in [0.2, 0.25) is 0 Å². The third-order valence-corrected chi connectivity index (χ3v) is 5.62. The predicted molar refractivity (Wildman–Crippen MR) is 116 cm³/mol. The molecular formula is C19H27Cl2N3O2S. The number of halogens is 2. The third kappa shape index (κ3) is 5.83. The first-order valence-electron chi connectivity index (χ1n) is 8.53. The van der Waals surface area contributed by atoms with E-state index in [-0.39, 0.29) is 36.8 Å². The van der Waals surface area contributed by atoms with Gasteiger partial charge in [-0.25, -0.2) is 0 Å². The number of morpholine rings is 1. The standard InChI is InChI=1S/C19H25N3O2S.2ClH/c1-14-5-6-15(20)12-16(14)19(23)21(2)13-17(18-4-3-11-25-18)22-7-9-24-10-8-22;;/h3-6,11-12,17H,7-10,13,20H2,1-2H3;2*1H. The Morgan fingerprint density at radius 2 is 2.00 bits per heavy atom. The van der Waals surface area contributed by atoms with E-state index in [2.05, 4.69) is 22.4 Å². The summed E-state index contributed by atoms with van der Waals surface area (Å²) in [4.78, 5) is 18.4. The van der Waals surface area contributed by atoms with Gasteiger partial charge in [0.1, 0.15) is 0 Å². The summed E-state index contributed by atoms with van der Waals surface area (Å²) in [5.74, 6) is 0.0135. The molecule has 8 heteroatoms. The number of nitrogens with zero attached hydrogens (tertiary/aromatic N) is 2. The van der Waals surface area contributed by atoms with E-state index in [1.807, 2.05) is 31.0 Å². The van der Waals surface area contributed by atoms with Crippen LogP contribution in [0.25, 0.3) is 0 Å². The Labute approximate surface area is 177 Å². The van der Waals surface area contributed by atoms with Gasteiger partial charge in [0.2, 0.25) is 0 Å². The molecule has 0 saturated carbocycles. The Morgan fingerprint density at radius 1 is 1.30 bits per heavy atom. The van der Waals surface area contributed by atoms with E-state index in [0.717, 1.165) is 31.9 Å². The first-order chi connectivity index (χ1) is 12.1. The Kier molecular flexibility index (Phi) is 9.56. The number of ether oxygens (including phenoxy) is 1. The second kappa shape index (κ2) is 10.9. The van der Waals surface area contributed by atoms with E-state index < -0.39 is 0 Å². The van der Waals surface area contributed by atoms with Crippen molar-refractivity contribution in [2.75, 3.05) is 45.6 Å². The molecule has 1 aromatic carbocycles. The molecule has 1 aliphatic heterocycles. The molecule has 27 heavy (non-hydrogen) atoms. The molecule has 0 aliphatic carbocycles. The van der Waals surface area contributed by atoms with Crippen molar-refractivity contribution in [3.63, 3.8) is 0 Å². The first-order valence-corrected chi connectivity index (χ1v) is 9.41. The average molecular weight is 432 g/mol. The molecule has 1 amide bonds. The second-order valence-electron chi connectivity index (χ2n) is 6.44. The lowest BCUT2D eigenvalue weighted by Gasteiger charge is -2.36. The lowest BCUT2D eigenvalue weighted by atomic mass is 10.1. The van der Waals surface area contributed by atoms with Gasteiger partial charge in [0, 0.05) is 42.8 Å². The Hall–Kier alpha value is -1.31. The van der Waals surface area contributed by atoms with Gasteiger partial charge in [0.05, 0.1) is 19.3 Å². The molecule has 2 heterocycles. The molecule has 3 rings (SSSR count). The predicted octanol–water partition coefficient (Wildman–Crippen LogP) is 3.63. The summed E-state index contributed by atoms with van der Waals surface area (Å²) in [6.07, 6.45) is 0. The highest BCUT2D eigenvalue weighted by atomic mass is 35.5. The fourth-order valence-electron chi connectivity index (χ4n) is 3.17. The average Bonchev–Trinajstić information content (AvgIpc) is 3.16. The number of hydrogen-bond donors (Lipinski definition) is 1. The highest BCUT2D eigenvalue weighted by molar-refractivity contribution is 7.10. The van der Waals surface area contributed by atoms with Crippen LogP contribution in [0.15, 0.2) is 35.7 Å². The van der Waals surface area contributed by atoms with Gasteiger partial charge in [-0.3, -0.25) is 9.69 Å². The summed E-state index contributed by atoms with van der Waals surface area (Å²) in [5.41, 5.74) is 8.11. The van der Waals surface area contributed by atoms with Crippen molar-refractivity contribution in [3.8, 4) is 0 Å². The number of hydrogen-bond acceptors (Lipinski definition) is 5. The number of aryl methyl sites for hydroxylation is 1. The molecule has 1 unspecified atom stereocenters. The molecule has 1 fully saturated rings. The Bertz CT molecular complexity index is 722. The van der Waals surface area contributed by atoms with Crippen molar-refractivity contribution >= 4 is 47.7 Å². The van der Waals surface area contributed by atoms with Gasteiger partial charge in [-0.05, 0) is 36.1 Å².